The maximum atomic E-state index is 12.9. The van der Waals surface area contributed by atoms with Crippen LogP contribution in [0.4, 0.5) is 0 Å². The van der Waals surface area contributed by atoms with Gasteiger partial charge in [0.25, 0.3) is 5.91 Å². The van der Waals surface area contributed by atoms with Crippen molar-refractivity contribution in [2.75, 3.05) is 14.2 Å². The molecule has 0 unspecified atom stereocenters. The van der Waals surface area contributed by atoms with E-state index in [1.165, 1.54) is 20.4 Å². The normalized spacial score (nSPS) is 10.8. The van der Waals surface area contributed by atoms with E-state index in [2.05, 4.69) is 26.5 Å². The molecule has 0 aliphatic carbocycles. The summed E-state index contributed by atoms with van der Waals surface area (Å²) in [7, 11) is 3.01. The Morgan fingerprint density at radius 2 is 1.51 bits per heavy atom. The van der Waals surface area contributed by atoms with Crippen molar-refractivity contribution in [2.45, 2.75) is 0 Å². The van der Waals surface area contributed by atoms with E-state index >= 15 is 0 Å². The molecule has 0 aliphatic rings. The van der Waals surface area contributed by atoms with E-state index in [0.717, 1.165) is 15.2 Å². The largest absolute Gasteiger partial charge is 0.493 e. The number of hydrogen-bond donors (Lipinski definition) is 1. The molecule has 0 bridgehead atoms. The van der Waals surface area contributed by atoms with Gasteiger partial charge in [-0.25, -0.2) is 10.2 Å². The highest BCUT2D eigenvalue weighted by Crippen LogP contribution is 2.30. The number of nitrogens with one attached hydrogen (secondary N) is 1. The first-order chi connectivity index (χ1) is 17.0. The molecule has 1 N–H and O–H groups in total. The number of carbonyl (C=O) groups excluding carboxylic acids is 2. The zero-order valence-corrected chi connectivity index (χ0v) is 20.5. The fourth-order valence-electron chi connectivity index (χ4n) is 3.44. The first-order valence-corrected chi connectivity index (χ1v) is 11.3. The highest BCUT2D eigenvalue weighted by molar-refractivity contribution is 9.10. The number of amides is 1. The molecule has 4 aromatic carbocycles. The average Bonchev–Trinajstić information content (AvgIpc) is 2.89. The summed E-state index contributed by atoms with van der Waals surface area (Å²) in [5.74, 6) is 0.278. The summed E-state index contributed by atoms with van der Waals surface area (Å²) in [6, 6.07) is 22.8. The molecule has 0 fully saturated rings. The predicted molar refractivity (Wildman–Crippen MR) is 138 cm³/mol. The summed E-state index contributed by atoms with van der Waals surface area (Å²) in [6.45, 7) is 0. The van der Waals surface area contributed by atoms with E-state index in [-0.39, 0.29) is 5.91 Å². The van der Waals surface area contributed by atoms with Crippen molar-refractivity contribution in [3.05, 3.63) is 100 Å². The number of rotatable bonds is 7. The topological polar surface area (TPSA) is 86.2 Å². The van der Waals surface area contributed by atoms with E-state index in [1.807, 2.05) is 30.3 Å². The summed E-state index contributed by atoms with van der Waals surface area (Å²) in [6.07, 6.45) is 1.47. The monoisotopic (exact) mass is 532 g/mol. The number of methoxy groups -OCH3 is 2. The average molecular weight is 533 g/mol. The molecule has 0 saturated heterocycles. The van der Waals surface area contributed by atoms with Gasteiger partial charge in [-0.1, -0.05) is 46.3 Å². The van der Waals surface area contributed by atoms with Crippen LogP contribution in [-0.2, 0) is 0 Å². The first-order valence-electron chi connectivity index (χ1n) is 10.5. The van der Waals surface area contributed by atoms with Gasteiger partial charge in [0.15, 0.2) is 11.5 Å². The van der Waals surface area contributed by atoms with Crippen LogP contribution in [0.5, 0.6) is 17.2 Å². The smallest absolute Gasteiger partial charge is 0.343 e. The fourth-order valence-corrected chi connectivity index (χ4v) is 3.71. The van der Waals surface area contributed by atoms with Gasteiger partial charge >= 0.3 is 5.97 Å². The number of hydrogen-bond acceptors (Lipinski definition) is 6. The first kappa shape index (κ1) is 24.0. The maximum absolute atomic E-state index is 12.9. The summed E-state index contributed by atoms with van der Waals surface area (Å²) in [4.78, 5) is 25.4. The number of ether oxygens (including phenoxy) is 3. The lowest BCUT2D eigenvalue weighted by Gasteiger charge is -2.12. The lowest BCUT2D eigenvalue weighted by molar-refractivity contribution is 0.0734. The standard InChI is InChI=1S/C27H21BrN2O5/c1-33-24-14-10-19(15-25(24)34-2)27(32)35-23-13-9-17-5-3-4-6-21(17)22(23)16-29-30-26(31)18-7-11-20(28)12-8-18/h3-16H,1-2H3,(H,30,31)/b29-16+. The van der Waals surface area contributed by atoms with Crippen molar-refractivity contribution >= 4 is 44.8 Å². The second-order valence-electron chi connectivity index (χ2n) is 7.36. The minimum Gasteiger partial charge on any atom is -0.493 e. The van der Waals surface area contributed by atoms with Gasteiger partial charge in [0, 0.05) is 15.6 Å². The Hall–Kier alpha value is -4.17. The SMILES string of the molecule is COc1ccc(C(=O)Oc2ccc3ccccc3c2/C=N/NC(=O)c2ccc(Br)cc2)cc1OC. The molecule has 176 valence electrons. The van der Waals surface area contributed by atoms with Gasteiger partial charge in [0.05, 0.1) is 26.0 Å². The molecule has 0 saturated carbocycles. The Morgan fingerprint density at radius 1 is 0.829 bits per heavy atom. The molecule has 0 spiro atoms. The molecule has 35 heavy (non-hydrogen) atoms. The van der Waals surface area contributed by atoms with Crippen LogP contribution in [0.2, 0.25) is 0 Å². The molecule has 4 aromatic rings. The van der Waals surface area contributed by atoms with Crippen molar-refractivity contribution in [3.63, 3.8) is 0 Å². The Kier molecular flexibility index (Phi) is 7.42. The lowest BCUT2D eigenvalue weighted by Crippen LogP contribution is -2.17. The third-order valence-electron chi connectivity index (χ3n) is 5.22. The van der Waals surface area contributed by atoms with Crippen LogP contribution in [0.3, 0.4) is 0 Å². The van der Waals surface area contributed by atoms with Crippen molar-refractivity contribution in [3.8, 4) is 17.2 Å². The quantitative estimate of drug-likeness (QED) is 0.145. The van der Waals surface area contributed by atoms with Gasteiger partial charge in [0.1, 0.15) is 5.75 Å². The van der Waals surface area contributed by atoms with Crippen LogP contribution < -0.4 is 19.6 Å². The minimum atomic E-state index is -0.574. The molecule has 0 aliphatic heterocycles. The summed E-state index contributed by atoms with van der Waals surface area (Å²) in [5.41, 5.74) is 3.82. The van der Waals surface area contributed by atoms with Crippen molar-refractivity contribution < 1.29 is 23.8 Å². The van der Waals surface area contributed by atoms with Gasteiger partial charge in [-0.05, 0) is 59.3 Å². The van der Waals surface area contributed by atoms with Gasteiger partial charge in [-0.15, -0.1) is 0 Å². The second-order valence-corrected chi connectivity index (χ2v) is 8.28. The van der Waals surface area contributed by atoms with Crippen molar-refractivity contribution in [2.24, 2.45) is 5.10 Å². The maximum Gasteiger partial charge on any atom is 0.343 e. The third-order valence-corrected chi connectivity index (χ3v) is 5.75. The van der Waals surface area contributed by atoms with Crippen molar-refractivity contribution in [1.82, 2.24) is 5.43 Å². The Bertz CT molecular complexity index is 1420. The summed E-state index contributed by atoms with van der Waals surface area (Å²) in [5, 5.41) is 5.86. The highest BCUT2D eigenvalue weighted by Gasteiger charge is 2.16. The van der Waals surface area contributed by atoms with Crippen molar-refractivity contribution in [1.29, 1.82) is 0 Å². The van der Waals surface area contributed by atoms with Gasteiger partial charge in [0.2, 0.25) is 0 Å². The Labute approximate surface area is 210 Å². The third kappa shape index (κ3) is 5.50. The van der Waals surface area contributed by atoms with Crippen LogP contribution in [0.25, 0.3) is 10.8 Å². The van der Waals surface area contributed by atoms with E-state index in [9.17, 15) is 9.59 Å². The molecule has 0 radical (unpaired) electrons. The zero-order valence-electron chi connectivity index (χ0n) is 18.9. The molecule has 4 rings (SSSR count). The van der Waals surface area contributed by atoms with Crippen LogP contribution in [0.15, 0.2) is 88.4 Å². The molecule has 7 nitrogen and oxygen atoms in total. The van der Waals surface area contributed by atoms with Crippen LogP contribution >= 0.6 is 15.9 Å². The minimum absolute atomic E-state index is 0.294. The van der Waals surface area contributed by atoms with E-state index in [0.29, 0.717) is 33.9 Å². The number of nitrogens with zero attached hydrogens (tertiary/aromatic N) is 1. The summed E-state index contributed by atoms with van der Waals surface area (Å²) < 4.78 is 17.1. The molecule has 1 amide bonds. The Morgan fingerprint density at radius 3 is 2.26 bits per heavy atom. The zero-order chi connectivity index (χ0) is 24.8. The summed E-state index contributed by atoms with van der Waals surface area (Å²) >= 11 is 3.34. The number of esters is 1. The highest BCUT2D eigenvalue weighted by atomic mass is 79.9. The molecular formula is C27H21BrN2O5. The molecule has 0 aromatic heterocycles. The number of carbonyl (C=O) groups is 2. The van der Waals surface area contributed by atoms with Crippen LogP contribution in [0.1, 0.15) is 26.3 Å². The molecule has 8 heteroatoms. The van der Waals surface area contributed by atoms with Gasteiger partial charge < -0.3 is 14.2 Å². The van der Waals surface area contributed by atoms with E-state index in [4.69, 9.17) is 14.2 Å². The van der Waals surface area contributed by atoms with Crippen LogP contribution in [0, 0.1) is 0 Å². The number of halogens is 1. The number of hydrazone groups is 1. The predicted octanol–water partition coefficient (Wildman–Crippen LogP) is 5.60. The molecule has 0 heterocycles. The lowest BCUT2D eigenvalue weighted by atomic mass is 10.0. The van der Waals surface area contributed by atoms with Gasteiger partial charge in [-0.3, -0.25) is 4.79 Å². The molecule has 0 atom stereocenters. The fraction of sp³-hybridized carbons (Fsp3) is 0.0741. The van der Waals surface area contributed by atoms with Crippen LogP contribution in [-0.4, -0.2) is 32.3 Å². The number of benzene rings is 4. The second kappa shape index (κ2) is 10.8. The van der Waals surface area contributed by atoms with E-state index < -0.39 is 5.97 Å². The van der Waals surface area contributed by atoms with E-state index in [1.54, 1.807) is 48.5 Å². The number of fused-ring (bicyclic) bond motifs is 1. The molecular weight excluding hydrogens is 512 g/mol. The van der Waals surface area contributed by atoms with Gasteiger partial charge in [-0.2, -0.15) is 5.10 Å². The Balaban J connectivity index is 1.62.